The van der Waals surface area contributed by atoms with Gasteiger partial charge in [-0.25, -0.2) is 0 Å². The van der Waals surface area contributed by atoms with Crippen molar-refractivity contribution < 1.29 is 4.65 Å². The van der Waals surface area contributed by atoms with Crippen LogP contribution in [0.4, 0.5) is 0 Å². The van der Waals surface area contributed by atoms with Gasteiger partial charge in [-0.1, -0.05) is 73.0 Å². The third kappa shape index (κ3) is 3.34. The largest absolute Gasteiger partial charge is 0.423 e. The fraction of sp³-hybridized carbons (Fsp3) is 0.217. The maximum Gasteiger partial charge on any atom is 0.328 e. The fourth-order valence-electron chi connectivity index (χ4n) is 3.72. The van der Waals surface area contributed by atoms with Gasteiger partial charge < -0.3 is 4.65 Å². The van der Waals surface area contributed by atoms with Crippen LogP contribution >= 0.6 is 0 Å². The molecule has 2 unspecified atom stereocenters. The first kappa shape index (κ1) is 16.0. The second-order valence-electron chi connectivity index (χ2n) is 6.66. The summed E-state index contributed by atoms with van der Waals surface area (Å²) >= 11 is 0. The number of allylic oxidation sites excluding steroid dienone is 2. The summed E-state index contributed by atoms with van der Waals surface area (Å²) in [6.45, 7) is 2.32. The summed E-state index contributed by atoms with van der Waals surface area (Å²) in [5.41, 5.74) is 11.2. The van der Waals surface area contributed by atoms with Crippen molar-refractivity contribution in [3.63, 3.8) is 0 Å². The Balaban J connectivity index is 1.65. The van der Waals surface area contributed by atoms with Crippen molar-refractivity contribution in [1.29, 1.82) is 0 Å². The molecule has 4 rings (SSSR count). The molecular weight excluding hydrogens is 303 g/mol. The van der Waals surface area contributed by atoms with Crippen LogP contribution in [-0.2, 0) is 11.1 Å². The first-order valence-corrected chi connectivity index (χ1v) is 9.02. The molecule has 2 atom stereocenters. The lowest BCUT2D eigenvalue weighted by molar-refractivity contribution is 0.259. The molecule has 0 aromatic heterocycles. The van der Waals surface area contributed by atoms with Crippen molar-refractivity contribution in [2.75, 3.05) is 0 Å². The number of hydrogen-bond acceptors (Lipinski definition) is 1. The van der Waals surface area contributed by atoms with Crippen LogP contribution in [0.15, 0.2) is 89.9 Å². The Labute approximate surface area is 150 Å². The molecule has 1 heterocycles. The lowest BCUT2D eigenvalue weighted by atomic mass is 9.57. The lowest BCUT2D eigenvalue weighted by Gasteiger charge is -2.21. The van der Waals surface area contributed by atoms with E-state index in [4.69, 9.17) is 4.65 Å². The zero-order valence-electron chi connectivity index (χ0n) is 14.5. The highest BCUT2D eigenvalue weighted by Crippen LogP contribution is 2.38. The van der Waals surface area contributed by atoms with Crippen LogP contribution < -0.4 is 5.46 Å². The Morgan fingerprint density at radius 3 is 2.52 bits per heavy atom. The highest BCUT2D eigenvalue weighted by Gasteiger charge is 2.40. The second kappa shape index (κ2) is 7.17. The molecule has 0 radical (unpaired) electrons. The molecule has 2 heteroatoms. The Hall–Kier alpha value is -2.50. The average molecular weight is 324 g/mol. The van der Waals surface area contributed by atoms with Crippen LogP contribution in [0.25, 0.3) is 0 Å². The Bertz CT molecular complexity index is 866. The summed E-state index contributed by atoms with van der Waals surface area (Å²) in [6.07, 6.45) is 8.15. The molecule has 1 nitrogen and oxygen atoms in total. The molecular formula is C23H21BO. The van der Waals surface area contributed by atoms with Crippen molar-refractivity contribution in [2.45, 2.75) is 31.7 Å². The maximum atomic E-state index is 6.54. The van der Waals surface area contributed by atoms with Gasteiger partial charge in [0, 0.05) is 5.92 Å². The zero-order chi connectivity index (χ0) is 17.1. The summed E-state index contributed by atoms with van der Waals surface area (Å²) in [5.74, 6) is 0.354. The van der Waals surface area contributed by atoms with E-state index in [1.165, 1.54) is 22.2 Å². The minimum absolute atomic E-state index is 0.0594. The smallest absolute Gasteiger partial charge is 0.328 e. The van der Waals surface area contributed by atoms with Crippen molar-refractivity contribution in [3.8, 4) is 0 Å². The molecule has 1 saturated heterocycles. The summed E-state index contributed by atoms with van der Waals surface area (Å²) in [7, 11) is 0. The number of aryl methyl sites for hydroxylation is 1. The first-order valence-electron chi connectivity index (χ1n) is 9.02. The number of benzene rings is 2. The normalized spacial score (nSPS) is 21.6. The topological polar surface area (TPSA) is 9.23 Å². The molecule has 0 N–H and O–H groups in total. The molecule has 0 spiro atoms. The van der Waals surface area contributed by atoms with Gasteiger partial charge in [-0.15, -0.1) is 0 Å². The SMILES string of the molecule is CCc1ccc(B2CC(c3ccccc3)C(C3=CC=C=C=C3)O2)cc1. The predicted molar refractivity (Wildman–Crippen MR) is 104 cm³/mol. The molecule has 1 aliphatic heterocycles. The lowest BCUT2D eigenvalue weighted by Crippen LogP contribution is -2.30. The van der Waals surface area contributed by atoms with E-state index < -0.39 is 0 Å². The van der Waals surface area contributed by atoms with Crippen LogP contribution in [-0.4, -0.2) is 13.0 Å². The Kier molecular flexibility index (Phi) is 4.59. The van der Waals surface area contributed by atoms with Gasteiger partial charge in [0.1, 0.15) is 0 Å². The van der Waals surface area contributed by atoms with Gasteiger partial charge in [0.25, 0.3) is 0 Å². The third-order valence-electron chi connectivity index (χ3n) is 5.14. The molecule has 2 aromatic carbocycles. The highest BCUT2D eigenvalue weighted by molar-refractivity contribution is 6.68. The van der Waals surface area contributed by atoms with Gasteiger partial charge in [-0.3, -0.25) is 0 Å². The first-order chi connectivity index (χ1) is 12.3. The van der Waals surface area contributed by atoms with Gasteiger partial charge in [0.05, 0.1) is 6.10 Å². The summed E-state index contributed by atoms with van der Waals surface area (Å²) in [4.78, 5) is 0. The third-order valence-corrected chi connectivity index (χ3v) is 5.14. The minimum atomic E-state index is 0.0594. The molecule has 2 aromatic rings. The van der Waals surface area contributed by atoms with E-state index in [0.717, 1.165) is 12.7 Å². The van der Waals surface area contributed by atoms with Crippen LogP contribution in [0.5, 0.6) is 0 Å². The maximum absolute atomic E-state index is 6.54. The van der Waals surface area contributed by atoms with Crippen LogP contribution in [0, 0.1) is 0 Å². The van der Waals surface area contributed by atoms with E-state index in [-0.39, 0.29) is 13.0 Å². The van der Waals surface area contributed by atoms with Crippen LogP contribution in [0.1, 0.15) is 24.0 Å². The molecule has 0 saturated carbocycles. The van der Waals surface area contributed by atoms with Crippen LogP contribution in [0.3, 0.4) is 0 Å². The van der Waals surface area contributed by atoms with Gasteiger partial charge in [0.2, 0.25) is 0 Å². The molecule has 0 amide bonds. The predicted octanol–water partition coefficient (Wildman–Crippen LogP) is 4.44. The van der Waals surface area contributed by atoms with Crippen molar-refractivity contribution in [1.82, 2.24) is 0 Å². The summed E-state index contributed by atoms with van der Waals surface area (Å²) < 4.78 is 6.54. The molecule has 1 aliphatic carbocycles. The molecule has 1 fully saturated rings. The van der Waals surface area contributed by atoms with E-state index in [0.29, 0.717) is 5.92 Å². The zero-order valence-corrected chi connectivity index (χ0v) is 14.5. The van der Waals surface area contributed by atoms with E-state index in [2.05, 4.69) is 79.1 Å². The standard InChI is InChI=1S/C23H21BO/c1-2-18-13-15-21(16-14-18)24-17-22(19-9-5-3-6-10-19)23(25-24)20-11-7-4-8-12-20/h3,5-7,9-16,22-23H,2,17H2,1H3. The molecule has 25 heavy (non-hydrogen) atoms. The Morgan fingerprint density at radius 1 is 1.04 bits per heavy atom. The van der Waals surface area contributed by atoms with Crippen LogP contribution in [0.2, 0.25) is 6.32 Å². The van der Waals surface area contributed by atoms with Gasteiger partial charge >= 0.3 is 6.92 Å². The number of rotatable bonds is 4. The van der Waals surface area contributed by atoms with Crippen molar-refractivity contribution in [3.05, 3.63) is 101 Å². The minimum Gasteiger partial charge on any atom is -0.423 e. The average Bonchev–Trinajstić information content (AvgIpc) is 3.15. The summed E-state index contributed by atoms with van der Waals surface area (Å²) in [6, 6.07) is 19.6. The fourth-order valence-corrected chi connectivity index (χ4v) is 3.72. The highest BCUT2D eigenvalue weighted by atomic mass is 16.5. The monoisotopic (exact) mass is 324 g/mol. The van der Waals surface area contributed by atoms with Gasteiger partial charge in [-0.2, -0.15) is 0 Å². The summed E-state index contributed by atoms with van der Waals surface area (Å²) in [5, 5.41) is 0. The van der Waals surface area contributed by atoms with E-state index >= 15 is 0 Å². The van der Waals surface area contributed by atoms with E-state index in [1.54, 1.807) is 0 Å². The Morgan fingerprint density at radius 2 is 1.84 bits per heavy atom. The molecule has 2 aliphatic rings. The van der Waals surface area contributed by atoms with E-state index in [9.17, 15) is 0 Å². The molecule has 0 bridgehead atoms. The van der Waals surface area contributed by atoms with E-state index in [1.807, 2.05) is 12.2 Å². The van der Waals surface area contributed by atoms with Gasteiger partial charge in [0.15, 0.2) is 0 Å². The second-order valence-corrected chi connectivity index (χ2v) is 6.66. The quantitative estimate of drug-likeness (QED) is 0.597. The van der Waals surface area contributed by atoms with Crippen molar-refractivity contribution >= 4 is 12.4 Å². The number of hydrogen-bond donors (Lipinski definition) is 0. The van der Waals surface area contributed by atoms with Gasteiger partial charge in [-0.05, 0) is 53.1 Å². The molecule has 122 valence electrons. The van der Waals surface area contributed by atoms with Crippen molar-refractivity contribution in [2.24, 2.45) is 0 Å².